The van der Waals surface area contributed by atoms with Gasteiger partial charge in [0.05, 0.1) is 19.1 Å². The van der Waals surface area contributed by atoms with E-state index in [2.05, 4.69) is 5.32 Å². The van der Waals surface area contributed by atoms with E-state index >= 15 is 0 Å². The van der Waals surface area contributed by atoms with Crippen LogP contribution in [0.15, 0.2) is 42.5 Å². The van der Waals surface area contributed by atoms with Gasteiger partial charge in [-0.25, -0.2) is 13.2 Å². The fourth-order valence-electron chi connectivity index (χ4n) is 1.97. The summed E-state index contributed by atoms with van der Waals surface area (Å²) in [6.07, 6.45) is 0.0887. The highest BCUT2D eigenvalue weighted by Crippen LogP contribution is 2.16. The van der Waals surface area contributed by atoms with Crippen LogP contribution in [-0.4, -0.2) is 12.5 Å². The van der Waals surface area contributed by atoms with Crippen LogP contribution in [-0.2, 0) is 4.79 Å². The van der Waals surface area contributed by atoms with Crippen LogP contribution in [0.2, 0.25) is 0 Å². The quantitative estimate of drug-likeness (QED) is 0.879. The van der Waals surface area contributed by atoms with Crippen molar-refractivity contribution in [3.05, 3.63) is 65.5 Å². The number of carbonyl (C=O) groups is 1. The third-order valence-corrected chi connectivity index (χ3v) is 3.23. The van der Waals surface area contributed by atoms with E-state index in [-0.39, 0.29) is 24.8 Å². The molecule has 1 unspecified atom stereocenters. The van der Waals surface area contributed by atoms with Gasteiger partial charge in [0.15, 0.2) is 11.6 Å². The van der Waals surface area contributed by atoms with Gasteiger partial charge in [-0.2, -0.15) is 0 Å². The molecule has 0 aromatic heterocycles. The lowest BCUT2D eigenvalue weighted by atomic mass is 10.1. The summed E-state index contributed by atoms with van der Waals surface area (Å²) in [5.74, 6) is -2.07. The zero-order valence-electron chi connectivity index (χ0n) is 12.5. The molecular weight excluding hydrogens is 307 g/mol. The van der Waals surface area contributed by atoms with Gasteiger partial charge in [0.25, 0.3) is 0 Å². The second-order valence-electron chi connectivity index (χ2n) is 5.02. The first-order chi connectivity index (χ1) is 11.0. The largest absolute Gasteiger partial charge is 0.493 e. The molecule has 3 nitrogen and oxygen atoms in total. The van der Waals surface area contributed by atoms with Crippen LogP contribution in [0.1, 0.15) is 24.9 Å². The molecule has 0 aliphatic rings. The van der Waals surface area contributed by atoms with E-state index in [1.165, 1.54) is 30.3 Å². The van der Waals surface area contributed by atoms with Crippen LogP contribution in [0.4, 0.5) is 13.2 Å². The number of nitrogens with one attached hydrogen (secondary N) is 1. The molecule has 6 heteroatoms. The minimum Gasteiger partial charge on any atom is -0.493 e. The highest BCUT2D eigenvalue weighted by Gasteiger charge is 2.12. The average Bonchev–Trinajstić information content (AvgIpc) is 2.52. The Morgan fingerprint density at radius 2 is 1.78 bits per heavy atom. The van der Waals surface area contributed by atoms with E-state index in [4.69, 9.17) is 4.74 Å². The molecule has 0 saturated carbocycles. The Kier molecular flexibility index (Phi) is 5.62. The molecule has 0 spiro atoms. The zero-order valence-corrected chi connectivity index (χ0v) is 12.5. The lowest BCUT2D eigenvalue weighted by Crippen LogP contribution is -2.28. The van der Waals surface area contributed by atoms with Gasteiger partial charge in [-0.05, 0) is 48.9 Å². The Hall–Kier alpha value is -2.50. The maximum Gasteiger partial charge on any atom is 0.223 e. The van der Waals surface area contributed by atoms with Crippen LogP contribution in [0.5, 0.6) is 5.75 Å². The lowest BCUT2D eigenvalue weighted by molar-refractivity contribution is -0.122. The van der Waals surface area contributed by atoms with Crippen molar-refractivity contribution >= 4 is 5.91 Å². The highest BCUT2D eigenvalue weighted by molar-refractivity contribution is 5.76. The topological polar surface area (TPSA) is 38.3 Å². The Labute approximate surface area is 132 Å². The summed E-state index contributed by atoms with van der Waals surface area (Å²) in [7, 11) is 0. The van der Waals surface area contributed by atoms with Gasteiger partial charge in [0, 0.05) is 0 Å². The van der Waals surface area contributed by atoms with Gasteiger partial charge < -0.3 is 10.1 Å². The number of amides is 1. The van der Waals surface area contributed by atoms with Gasteiger partial charge in [-0.1, -0.05) is 6.07 Å². The van der Waals surface area contributed by atoms with Crippen molar-refractivity contribution in [3.8, 4) is 5.75 Å². The predicted octanol–water partition coefficient (Wildman–Crippen LogP) is 3.75. The SMILES string of the molecule is CC(NC(=O)CCOc1ccc(F)cc1)c1ccc(F)c(F)c1. The molecule has 0 aliphatic carbocycles. The summed E-state index contributed by atoms with van der Waals surface area (Å²) in [5.41, 5.74) is 0.469. The van der Waals surface area contributed by atoms with Crippen molar-refractivity contribution in [3.63, 3.8) is 0 Å². The normalized spacial score (nSPS) is 11.8. The first kappa shape index (κ1) is 16.9. The molecule has 2 aromatic carbocycles. The van der Waals surface area contributed by atoms with Gasteiger partial charge in [0.1, 0.15) is 11.6 Å². The second-order valence-corrected chi connectivity index (χ2v) is 5.02. The van der Waals surface area contributed by atoms with Crippen molar-refractivity contribution in [2.24, 2.45) is 0 Å². The number of rotatable bonds is 6. The van der Waals surface area contributed by atoms with E-state index in [0.29, 0.717) is 11.3 Å². The predicted molar refractivity (Wildman–Crippen MR) is 79.4 cm³/mol. The second kappa shape index (κ2) is 7.67. The summed E-state index contributed by atoms with van der Waals surface area (Å²) in [6.45, 7) is 1.80. The summed E-state index contributed by atoms with van der Waals surface area (Å²) >= 11 is 0. The monoisotopic (exact) mass is 323 g/mol. The Morgan fingerprint density at radius 1 is 1.09 bits per heavy atom. The van der Waals surface area contributed by atoms with E-state index in [0.717, 1.165) is 12.1 Å². The number of hydrogen-bond donors (Lipinski definition) is 1. The Bertz CT molecular complexity index is 674. The zero-order chi connectivity index (χ0) is 16.8. The van der Waals surface area contributed by atoms with Crippen LogP contribution in [0, 0.1) is 17.5 Å². The van der Waals surface area contributed by atoms with E-state index in [9.17, 15) is 18.0 Å². The maximum absolute atomic E-state index is 13.2. The van der Waals surface area contributed by atoms with E-state index in [1.807, 2.05) is 0 Å². The van der Waals surface area contributed by atoms with Crippen LogP contribution in [0.3, 0.4) is 0 Å². The van der Waals surface area contributed by atoms with Gasteiger partial charge in [-0.15, -0.1) is 0 Å². The van der Waals surface area contributed by atoms with Crippen LogP contribution in [0.25, 0.3) is 0 Å². The fourth-order valence-corrected chi connectivity index (χ4v) is 1.97. The van der Waals surface area contributed by atoms with Crippen LogP contribution >= 0.6 is 0 Å². The van der Waals surface area contributed by atoms with Crippen molar-refractivity contribution in [2.45, 2.75) is 19.4 Å². The molecule has 0 aliphatic heterocycles. The molecule has 23 heavy (non-hydrogen) atoms. The molecule has 0 radical (unpaired) electrons. The number of halogens is 3. The third-order valence-electron chi connectivity index (χ3n) is 3.23. The number of carbonyl (C=O) groups excluding carboxylic acids is 1. The minimum absolute atomic E-state index is 0.0887. The molecule has 122 valence electrons. The minimum atomic E-state index is -0.955. The Balaban J connectivity index is 1.79. The number of hydrogen-bond acceptors (Lipinski definition) is 2. The van der Waals surface area contributed by atoms with Crippen molar-refractivity contribution in [1.82, 2.24) is 5.32 Å². The number of ether oxygens (including phenoxy) is 1. The van der Waals surface area contributed by atoms with Crippen molar-refractivity contribution in [2.75, 3.05) is 6.61 Å². The molecule has 0 heterocycles. The van der Waals surface area contributed by atoms with Gasteiger partial charge in [-0.3, -0.25) is 4.79 Å². The van der Waals surface area contributed by atoms with Crippen molar-refractivity contribution in [1.29, 1.82) is 0 Å². The standard InChI is InChI=1S/C17H16F3NO2/c1-11(12-2-7-15(19)16(20)10-12)21-17(22)8-9-23-14-5-3-13(18)4-6-14/h2-7,10-11H,8-9H2,1H3,(H,21,22). The summed E-state index contributed by atoms with van der Waals surface area (Å²) in [4.78, 5) is 11.8. The van der Waals surface area contributed by atoms with Crippen LogP contribution < -0.4 is 10.1 Å². The van der Waals surface area contributed by atoms with Crippen molar-refractivity contribution < 1.29 is 22.7 Å². The van der Waals surface area contributed by atoms with E-state index < -0.39 is 17.7 Å². The fraction of sp³-hybridized carbons (Fsp3) is 0.235. The summed E-state index contributed by atoms with van der Waals surface area (Å²) in [5, 5.41) is 2.67. The Morgan fingerprint density at radius 3 is 2.43 bits per heavy atom. The third kappa shape index (κ3) is 5.02. The summed E-state index contributed by atoms with van der Waals surface area (Å²) in [6, 6.07) is 8.50. The molecule has 1 atom stereocenters. The lowest BCUT2D eigenvalue weighted by Gasteiger charge is -2.15. The molecule has 1 amide bonds. The van der Waals surface area contributed by atoms with Gasteiger partial charge >= 0.3 is 0 Å². The molecule has 2 aromatic rings. The molecule has 2 rings (SSSR count). The maximum atomic E-state index is 13.2. The molecule has 1 N–H and O–H groups in total. The molecule has 0 bridgehead atoms. The molecule has 0 saturated heterocycles. The number of benzene rings is 2. The van der Waals surface area contributed by atoms with Gasteiger partial charge in [0.2, 0.25) is 5.91 Å². The first-order valence-electron chi connectivity index (χ1n) is 7.08. The highest BCUT2D eigenvalue weighted by atomic mass is 19.2. The smallest absolute Gasteiger partial charge is 0.223 e. The van der Waals surface area contributed by atoms with E-state index in [1.54, 1.807) is 6.92 Å². The summed E-state index contributed by atoms with van der Waals surface area (Å²) < 4.78 is 44.1. The first-order valence-corrected chi connectivity index (χ1v) is 7.08. The molecular formula is C17H16F3NO2. The average molecular weight is 323 g/mol. The molecule has 0 fully saturated rings.